The minimum absolute atomic E-state index is 0.0764. The molecule has 0 aliphatic heterocycles. The summed E-state index contributed by atoms with van der Waals surface area (Å²) in [7, 11) is 0. The highest BCUT2D eigenvalue weighted by Crippen LogP contribution is 2.47. The molecule has 0 fully saturated rings. The maximum atomic E-state index is 13.0. The summed E-state index contributed by atoms with van der Waals surface area (Å²) in [6.45, 7) is 2.64. The molecule has 3 N–H and O–H groups in total. The molecule has 148 valence electrons. The Morgan fingerprint density at radius 2 is 1.45 bits per heavy atom. The van der Waals surface area contributed by atoms with Gasteiger partial charge in [0.1, 0.15) is 17.0 Å². The number of ketones is 3. The molecule has 2 aliphatic rings. The molecule has 0 saturated heterocycles. The fraction of sp³-hybridized carbons (Fsp3) is 0.273. The summed E-state index contributed by atoms with van der Waals surface area (Å²) in [4.78, 5) is 50.0. The maximum Gasteiger partial charge on any atom is 0.217 e. The van der Waals surface area contributed by atoms with Gasteiger partial charge in [0.05, 0.1) is 11.1 Å². The number of benzene rings is 2. The summed E-state index contributed by atoms with van der Waals surface area (Å²) in [5.74, 6) is -2.55. The van der Waals surface area contributed by atoms with Crippen LogP contribution in [-0.2, 0) is 22.4 Å². The predicted octanol–water partition coefficient (Wildman–Crippen LogP) is 1.83. The lowest BCUT2D eigenvalue weighted by Crippen LogP contribution is -2.56. The van der Waals surface area contributed by atoms with Gasteiger partial charge in [0, 0.05) is 35.6 Å². The van der Waals surface area contributed by atoms with Crippen LogP contribution in [0.2, 0.25) is 0 Å². The quantitative estimate of drug-likeness (QED) is 0.571. The lowest BCUT2D eigenvalue weighted by molar-refractivity contribution is -0.130. The minimum atomic E-state index is -1.24. The highest BCUT2D eigenvalue weighted by molar-refractivity contribution is 6.30. The normalized spacial score (nSPS) is 19.8. The molecular weight excluding hydrogens is 374 g/mol. The number of Topliss-reactive ketones (excluding diaryl/α,β-unsaturated/α-hetero) is 1. The van der Waals surface area contributed by atoms with Crippen LogP contribution in [0, 0.1) is 0 Å². The Morgan fingerprint density at radius 3 is 1.93 bits per heavy atom. The number of phenols is 2. The fourth-order valence-corrected chi connectivity index (χ4v) is 4.44. The zero-order valence-corrected chi connectivity index (χ0v) is 16.0. The van der Waals surface area contributed by atoms with E-state index in [0.717, 1.165) is 0 Å². The van der Waals surface area contributed by atoms with Gasteiger partial charge in [0.2, 0.25) is 5.91 Å². The van der Waals surface area contributed by atoms with Crippen LogP contribution in [0.3, 0.4) is 0 Å². The van der Waals surface area contributed by atoms with E-state index in [2.05, 4.69) is 5.32 Å². The average molecular weight is 393 g/mol. The van der Waals surface area contributed by atoms with Crippen molar-refractivity contribution in [2.45, 2.75) is 38.6 Å². The first-order valence-corrected chi connectivity index (χ1v) is 9.26. The van der Waals surface area contributed by atoms with Crippen molar-refractivity contribution in [2.24, 2.45) is 0 Å². The van der Waals surface area contributed by atoms with Crippen LogP contribution in [0.5, 0.6) is 11.5 Å². The van der Waals surface area contributed by atoms with Gasteiger partial charge in [-0.15, -0.1) is 0 Å². The Labute approximate surface area is 166 Å². The molecule has 0 bridgehead atoms. The van der Waals surface area contributed by atoms with E-state index in [1.807, 2.05) is 0 Å². The largest absolute Gasteiger partial charge is 0.507 e. The smallest absolute Gasteiger partial charge is 0.217 e. The van der Waals surface area contributed by atoms with E-state index >= 15 is 0 Å². The Hall–Kier alpha value is -3.48. The highest BCUT2D eigenvalue weighted by Gasteiger charge is 2.45. The van der Waals surface area contributed by atoms with Crippen LogP contribution in [0.4, 0.5) is 0 Å². The van der Waals surface area contributed by atoms with Crippen molar-refractivity contribution in [2.75, 3.05) is 0 Å². The number of hydrogen-bond donors (Lipinski definition) is 3. The van der Waals surface area contributed by atoms with Crippen LogP contribution in [0.15, 0.2) is 24.3 Å². The van der Waals surface area contributed by atoms with Crippen LogP contribution < -0.4 is 5.32 Å². The van der Waals surface area contributed by atoms with Crippen molar-refractivity contribution in [3.63, 3.8) is 0 Å². The van der Waals surface area contributed by atoms with Gasteiger partial charge in [-0.1, -0.05) is 24.3 Å². The third kappa shape index (κ3) is 2.57. The molecule has 1 atom stereocenters. The van der Waals surface area contributed by atoms with E-state index in [-0.39, 0.29) is 58.6 Å². The van der Waals surface area contributed by atoms with Crippen LogP contribution in [-0.4, -0.2) is 39.0 Å². The molecule has 0 heterocycles. The van der Waals surface area contributed by atoms with Crippen molar-refractivity contribution < 1.29 is 29.4 Å². The fourth-order valence-electron chi connectivity index (χ4n) is 4.44. The van der Waals surface area contributed by atoms with Gasteiger partial charge >= 0.3 is 0 Å². The number of carbonyl (C=O) groups excluding carboxylic acids is 4. The zero-order chi connectivity index (χ0) is 21.1. The molecule has 0 saturated carbocycles. The summed E-state index contributed by atoms with van der Waals surface area (Å²) in [5.41, 5.74) is -0.855. The predicted molar refractivity (Wildman–Crippen MR) is 102 cm³/mol. The maximum absolute atomic E-state index is 13.0. The highest BCUT2D eigenvalue weighted by atomic mass is 16.3. The lowest BCUT2D eigenvalue weighted by atomic mass is 9.71. The van der Waals surface area contributed by atoms with E-state index in [0.29, 0.717) is 5.56 Å². The van der Waals surface area contributed by atoms with Gasteiger partial charge in [0.15, 0.2) is 17.3 Å². The molecule has 0 spiro atoms. The molecule has 0 unspecified atom stereocenters. The van der Waals surface area contributed by atoms with Crippen molar-refractivity contribution in [3.05, 3.63) is 57.6 Å². The number of fused-ring (bicyclic) bond motifs is 3. The van der Waals surface area contributed by atoms with Gasteiger partial charge in [0.25, 0.3) is 0 Å². The number of aromatic hydroxyl groups is 2. The van der Waals surface area contributed by atoms with E-state index < -0.39 is 28.8 Å². The van der Waals surface area contributed by atoms with E-state index in [4.69, 9.17) is 0 Å². The van der Waals surface area contributed by atoms with E-state index in [9.17, 15) is 29.4 Å². The molecule has 1 amide bonds. The summed E-state index contributed by atoms with van der Waals surface area (Å²) in [6, 6.07) is 6.23. The SMILES string of the molecule is CC(=O)N[C@]1(C(C)=O)CCc2c(O)c3c(c(O)c2C1)C(=O)c1ccccc1C3=O. The molecular formula is C22H19NO6. The van der Waals surface area contributed by atoms with E-state index in [1.54, 1.807) is 12.1 Å². The topological polar surface area (TPSA) is 121 Å². The molecule has 0 radical (unpaired) electrons. The molecule has 2 aliphatic carbocycles. The molecule has 0 aromatic heterocycles. The third-order valence-electron chi connectivity index (χ3n) is 5.90. The number of carbonyl (C=O) groups is 4. The van der Waals surface area contributed by atoms with Crippen LogP contribution >= 0.6 is 0 Å². The lowest BCUT2D eigenvalue weighted by Gasteiger charge is -2.38. The Morgan fingerprint density at radius 1 is 0.931 bits per heavy atom. The van der Waals surface area contributed by atoms with Crippen molar-refractivity contribution in [1.29, 1.82) is 0 Å². The Balaban J connectivity index is 1.95. The first-order chi connectivity index (χ1) is 13.7. The Bertz CT molecular complexity index is 1130. The summed E-state index contributed by atoms with van der Waals surface area (Å²) in [6.07, 6.45) is 0.289. The minimum Gasteiger partial charge on any atom is -0.507 e. The second-order valence-corrected chi connectivity index (χ2v) is 7.60. The molecule has 2 aromatic carbocycles. The summed E-state index contributed by atoms with van der Waals surface area (Å²) >= 11 is 0. The van der Waals surface area contributed by atoms with Crippen molar-refractivity contribution in [3.8, 4) is 11.5 Å². The number of hydrogen-bond acceptors (Lipinski definition) is 6. The standard InChI is InChI=1S/C22H19NO6/c1-10(24)22(23-11(2)25)8-7-14-15(9-22)21(29)17-16(20(14)28)18(26)12-5-3-4-6-13(12)19(17)27/h3-6,28-29H,7-9H2,1-2H3,(H,23,25)/t22-/m1/s1. The zero-order valence-electron chi connectivity index (χ0n) is 16.0. The molecule has 7 nitrogen and oxygen atoms in total. The van der Waals surface area contributed by atoms with Gasteiger partial charge in [-0.2, -0.15) is 0 Å². The molecule has 7 heteroatoms. The van der Waals surface area contributed by atoms with Gasteiger partial charge < -0.3 is 15.5 Å². The van der Waals surface area contributed by atoms with E-state index in [1.165, 1.54) is 26.0 Å². The number of phenolic OH excluding ortho intramolecular Hbond substituents is 2. The van der Waals surface area contributed by atoms with Gasteiger partial charge in [-0.05, 0) is 19.8 Å². The molecule has 2 aromatic rings. The number of amides is 1. The second-order valence-electron chi connectivity index (χ2n) is 7.60. The number of rotatable bonds is 2. The third-order valence-corrected chi connectivity index (χ3v) is 5.90. The van der Waals surface area contributed by atoms with Crippen LogP contribution in [0.25, 0.3) is 0 Å². The average Bonchev–Trinajstić information content (AvgIpc) is 2.68. The molecule has 4 rings (SSSR count). The van der Waals surface area contributed by atoms with Crippen molar-refractivity contribution in [1.82, 2.24) is 5.32 Å². The Kier molecular flexibility index (Phi) is 4.08. The summed E-state index contributed by atoms with van der Waals surface area (Å²) < 4.78 is 0. The summed E-state index contributed by atoms with van der Waals surface area (Å²) in [5, 5.41) is 24.5. The number of nitrogens with one attached hydrogen (secondary N) is 1. The van der Waals surface area contributed by atoms with Gasteiger partial charge in [-0.3, -0.25) is 19.2 Å². The van der Waals surface area contributed by atoms with Gasteiger partial charge in [-0.25, -0.2) is 0 Å². The monoisotopic (exact) mass is 393 g/mol. The first-order valence-electron chi connectivity index (χ1n) is 9.26. The molecule has 29 heavy (non-hydrogen) atoms. The van der Waals surface area contributed by atoms with Crippen LogP contribution in [0.1, 0.15) is 63.2 Å². The second kappa shape index (κ2) is 6.27. The van der Waals surface area contributed by atoms with Crippen molar-refractivity contribution >= 4 is 23.3 Å². The first kappa shape index (κ1) is 18.9.